The minimum Gasteiger partial charge on any atom is -0.476 e. The Labute approximate surface area is 212 Å². The molecule has 0 aliphatic heterocycles. The number of Topliss-reactive ketones (excluding diaryl/α,β-unsaturated/α-hetero) is 1. The number of carboxylic acid groups (broad SMARTS) is 2. The molecular weight excluding hydrogens is 519 g/mol. The Morgan fingerprint density at radius 1 is 0.974 bits per heavy atom. The van der Waals surface area contributed by atoms with Crippen LogP contribution >= 0.6 is 0 Å². The topological polar surface area (TPSA) is 195 Å². The van der Waals surface area contributed by atoms with Gasteiger partial charge in [0.2, 0.25) is 5.78 Å². The van der Waals surface area contributed by atoms with Crippen molar-refractivity contribution in [2.24, 2.45) is 10.9 Å². The number of hydrogen-bond acceptors (Lipinski definition) is 9. The number of benzene rings is 2. The van der Waals surface area contributed by atoms with Crippen molar-refractivity contribution in [3.63, 3.8) is 0 Å². The van der Waals surface area contributed by atoms with E-state index in [1.165, 1.54) is 42.6 Å². The number of rotatable bonds is 10. The molecule has 1 atom stereocenters. The highest BCUT2D eigenvalue weighted by Crippen LogP contribution is 2.20. The number of ketones is 1. The van der Waals surface area contributed by atoms with E-state index in [9.17, 15) is 37.5 Å². The average Bonchev–Trinajstić information content (AvgIpc) is 2.84. The summed E-state index contributed by atoms with van der Waals surface area (Å²) in [6.45, 7) is 0.778. The number of esters is 1. The second-order valence-corrected chi connectivity index (χ2v) is 7.07. The first-order valence-electron chi connectivity index (χ1n) is 10.3. The lowest BCUT2D eigenvalue weighted by Crippen LogP contribution is -2.64. The van der Waals surface area contributed by atoms with Gasteiger partial charge in [0.1, 0.15) is 5.75 Å². The molecule has 38 heavy (non-hydrogen) atoms. The van der Waals surface area contributed by atoms with Gasteiger partial charge in [-0.15, -0.1) is 0 Å². The van der Waals surface area contributed by atoms with Crippen molar-refractivity contribution in [3.8, 4) is 5.75 Å². The molecule has 0 saturated carbocycles. The third-order valence-electron chi connectivity index (χ3n) is 4.27. The van der Waals surface area contributed by atoms with E-state index < -0.39 is 47.9 Å². The number of hydrazone groups is 1. The Hall–Kier alpha value is -4.95. The van der Waals surface area contributed by atoms with E-state index in [0.29, 0.717) is 5.56 Å². The van der Waals surface area contributed by atoms with E-state index >= 15 is 0 Å². The molecule has 0 aromatic heterocycles. The number of ether oxygens (including phenoxy) is 2. The molecule has 0 heterocycles. The SMILES string of the molecule is CC(=O)OCCC(=O)C(NC(=O)c1ccc(C=NN)cc1)(Oc1ccccc1)C(=O)O.O=C(O)C(F)(F)F. The summed E-state index contributed by atoms with van der Waals surface area (Å²) in [5.74, 6) is -1.88. The first-order chi connectivity index (χ1) is 17.7. The summed E-state index contributed by atoms with van der Waals surface area (Å²) in [4.78, 5) is 57.7. The molecular formula is C23H22F3N3O9. The number of amides is 1. The van der Waals surface area contributed by atoms with Crippen LogP contribution in [0.3, 0.4) is 0 Å². The first kappa shape index (κ1) is 31.1. The van der Waals surface area contributed by atoms with E-state index in [1.807, 2.05) is 0 Å². The van der Waals surface area contributed by atoms with Gasteiger partial charge in [-0.25, -0.2) is 9.59 Å². The van der Waals surface area contributed by atoms with Crippen molar-refractivity contribution in [3.05, 3.63) is 65.7 Å². The Balaban J connectivity index is 0.000000905. The minimum atomic E-state index is -5.08. The molecule has 1 unspecified atom stereocenters. The number of nitrogens with zero attached hydrogens (tertiary/aromatic N) is 1. The smallest absolute Gasteiger partial charge is 0.476 e. The van der Waals surface area contributed by atoms with E-state index in [-0.39, 0.29) is 17.9 Å². The lowest BCUT2D eigenvalue weighted by Gasteiger charge is -2.29. The van der Waals surface area contributed by atoms with Crippen molar-refractivity contribution in [1.82, 2.24) is 5.32 Å². The number of carboxylic acids is 2. The lowest BCUT2D eigenvalue weighted by atomic mass is 10.0. The van der Waals surface area contributed by atoms with Crippen molar-refractivity contribution in [2.45, 2.75) is 25.2 Å². The predicted octanol–water partition coefficient (Wildman–Crippen LogP) is 1.72. The summed E-state index contributed by atoms with van der Waals surface area (Å²) in [6.07, 6.45) is -4.22. The lowest BCUT2D eigenvalue weighted by molar-refractivity contribution is -0.192. The quantitative estimate of drug-likeness (QED) is 0.0859. The maximum Gasteiger partial charge on any atom is 0.490 e. The number of aliphatic carboxylic acids is 2. The van der Waals surface area contributed by atoms with Crippen LogP contribution in [0.4, 0.5) is 13.2 Å². The predicted molar refractivity (Wildman–Crippen MR) is 123 cm³/mol. The van der Waals surface area contributed by atoms with Crippen LogP contribution in [0.5, 0.6) is 5.75 Å². The largest absolute Gasteiger partial charge is 0.490 e. The molecule has 0 radical (unpaired) electrons. The van der Waals surface area contributed by atoms with Crippen molar-refractivity contribution in [2.75, 3.05) is 6.61 Å². The molecule has 0 aliphatic rings. The number of carbonyl (C=O) groups is 5. The van der Waals surface area contributed by atoms with Crippen molar-refractivity contribution in [1.29, 1.82) is 0 Å². The van der Waals surface area contributed by atoms with Crippen LogP contribution in [0.15, 0.2) is 59.7 Å². The zero-order valence-electron chi connectivity index (χ0n) is 19.6. The van der Waals surface area contributed by atoms with Gasteiger partial charge in [-0.05, 0) is 29.8 Å². The van der Waals surface area contributed by atoms with Crippen LogP contribution in [-0.2, 0) is 23.9 Å². The normalized spacial score (nSPS) is 12.3. The summed E-state index contributed by atoms with van der Waals surface area (Å²) < 4.78 is 41.9. The summed E-state index contributed by atoms with van der Waals surface area (Å²) in [5.41, 5.74) is -2.05. The number of hydrogen-bond donors (Lipinski definition) is 4. The second-order valence-electron chi connectivity index (χ2n) is 7.07. The van der Waals surface area contributed by atoms with Gasteiger partial charge in [0, 0.05) is 18.9 Å². The highest BCUT2D eigenvalue weighted by molar-refractivity contribution is 6.11. The molecule has 0 bridgehead atoms. The van der Waals surface area contributed by atoms with Crippen LogP contribution in [0.2, 0.25) is 0 Å². The summed E-state index contributed by atoms with van der Waals surface area (Å²) in [6, 6.07) is 13.6. The summed E-state index contributed by atoms with van der Waals surface area (Å²) >= 11 is 0. The number of alkyl halides is 3. The number of nitrogens with two attached hydrogens (primary N) is 1. The second kappa shape index (κ2) is 14.0. The first-order valence-corrected chi connectivity index (χ1v) is 10.3. The van der Waals surface area contributed by atoms with Gasteiger partial charge in [0.15, 0.2) is 0 Å². The fraction of sp³-hybridized carbons (Fsp3) is 0.217. The third kappa shape index (κ3) is 9.60. The van der Waals surface area contributed by atoms with E-state index in [1.54, 1.807) is 18.2 Å². The fourth-order valence-electron chi connectivity index (χ4n) is 2.54. The van der Waals surface area contributed by atoms with Crippen LogP contribution in [0.25, 0.3) is 0 Å². The summed E-state index contributed by atoms with van der Waals surface area (Å²) in [5, 5.41) is 22.5. The van der Waals surface area contributed by atoms with Gasteiger partial charge in [-0.3, -0.25) is 19.7 Å². The average molecular weight is 541 g/mol. The molecule has 15 heteroatoms. The van der Waals surface area contributed by atoms with Gasteiger partial charge >= 0.3 is 29.8 Å². The Kier molecular flexibility index (Phi) is 11.4. The van der Waals surface area contributed by atoms with Gasteiger partial charge < -0.3 is 25.5 Å². The monoisotopic (exact) mass is 541 g/mol. The van der Waals surface area contributed by atoms with Gasteiger partial charge in [-0.2, -0.15) is 18.3 Å². The highest BCUT2D eigenvalue weighted by atomic mass is 19.4. The number of para-hydroxylation sites is 1. The van der Waals surface area contributed by atoms with Crippen LogP contribution < -0.4 is 15.9 Å². The Morgan fingerprint density at radius 3 is 1.97 bits per heavy atom. The zero-order valence-corrected chi connectivity index (χ0v) is 19.6. The molecule has 5 N–H and O–H groups in total. The Morgan fingerprint density at radius 2 is 1.53 bits per heavy atom. The van der Waals surface area contributed by atoms with E-state index in [0.717, 1.165) is 6.92 Å². The Bertz CT molecular complexity index is 1170. The molecule has 204 valence electrons. The molecule has 0 aliphatic carbocycles. The van der Waals surface area contributed by atoms with Crippen LogP contribution in [0, 0.1) is 0 Å². The molecule has 2 rings (SSSR count). The molecule has 2 aromatic carbocycles. The van der Waals surface area contributed by atoms with E-state index in [2.05, 4.69) is 10.4 Å². The highest BCUT2D eigenvalue weighted by Gasteiger charge is 2.50. The molecule has 1 amide bonds. The van der Waals surface area contributed by atoms with Crippen molar-refractivity contribution < 1.29 is 56.8 Å². The number of nitrogens with one attached hydrogen (secondary N) is 1. The molecule has 0 spiro atoms. The van der Waals surface area contributed by atoms with Gasteiger partial charge in [0.25, 0.3) is 5.91 Å². The maximum atomic E-state index is 12.9. The molecule has 12 nitrogen and oxygen atoms in total. The number of halogens is 3. The van der Waals surface area contributed by atoms with E-state index in [4.69, 9.17) is 25.2 Å². The zero-order chi connectivity index (χ0) is 28.9. The fourth-order valence-corrected chi connectivity index (χ4v) is 2.54. The molecule has 2 aromatic rings. The minimum absolute atomic E-state index is 0.0422. The van der Waals surface area contributed by atoms with Gasteiger partial charge in [-0.1, -0.05) is 30.3 Å². The standard InChI is InChI=1S/C21H21N3O7.C2HF3O2/c1-14(25)30-12-11-18(26)21(20(28)29,31-17-5-3-2-4-6-17)24-19(27)16-9-7-15(8-10-16)13-23-22;3-2(4,5)1(6)7/h2-10,13H,11-12,22H2,1H3,(H,24,27)(H,28,29);(H,6,7). The molecule has 0 fully saturated rings. The maximum absolute atomic E-state index is 12.9. The number of carbonyl (C=O) groups excluding carboxylic acids is 3. The van der Waals surface area contributed by atoms with Gasteiger partial charge in [0.05, 0.1) is 12.8 Å². The third-order valence-corrected chi connectivity index (χ3v) is 4.27. The van der Waals surface area contributed by atoms with Crippen LogP contribution in [-0.4, -0.2) is 64.5 Å². The van der Waals surface area contributed by atoms with Crippen LogP contribution in [0.1, 0.15) is 29.3 Å². The van der Waals surface area contributed by atoms with Crippen molar-refractivity contribution >= 4 is 35.8 Å². The summed E-state index contributed by atoms with van der Waals surface area (Å²) in [7, 11) is 0. The molecule has 0 saturated heterocycles.